The number of sulfonamides is 1. The van der Waals surface area contributed by atoms with Crippen molar-refractivity contribution in [1.29, 1.82) is 0 Å². The van der Waals surface area contributed by atoms with Crippen LogP contribution in [0.1, 0.15) is 52.7 Å². The average molecular weight is 515 g/mol. The molecule has 0 bridgehead atoms. The molecule has 36 heavy (non-hydrogen) atoms. The molecule has 0 aliphatic heterocycles. The van der Waals surface area contributed by atoms with Crippen LogP contribution in [0, 0.1) is 0 Å². The Labute approximate surface area is 214 Å². The molecule has 11 heteroatoms. The van der Waals surface area contributed by atoms with Crippen LogP contribution in [0.2, 0.25) is 0 Å². The summed E-state index contributed by atoms with van der Waals surface area (Å²) >= 11 is 0. The molecule has 0 radical (unpaired) electrons. The van der Waals surface area contributed by atoms with Crippen molar-refractivity contribution in [2.24, 2.45) is 0 Å². The molecule has 0 atom stereocenters. The van der Waals surface area contributed by atoms with Crippen molar-refractivity contribution in [3.63, 3.8) is 0 Å². The number of aromatic nitrogens is 3. The summed E-state index contributed by atoms with van der Waals surface area (Å²) in [5.41, 5.74) is 7.12. The van der Waals surface area contributed by atoms with Crippen molar-refractivity contribution in [3.8, 4) is 17.1 Å². The Bertz CT molecular complexity index is 1350. The number of nitrogen functional groups attached to an aromatic ring is 1. The van der Waals surface area contributed by atoms with E-state index in [2.05, 4.69) is 14.7 Å². The molecule has 194 valence electrons. The van der Waals surface area contributed by atoms with Crippen LogP contribution in [0.3, 0.4) is 0 Å². The number of amides is 1. The van der Waals surface area contributed by atoms with E-state index in [0.717, 1.165) is 31.2 Å². The minimum atomic E-state index is -4.23. The van der Waals surface area contributed by atoms with E-state index in [1.54, 1.807) is 24.4 Å². The Morgan fingerprint density at radius 3 is 2.53 bits per heavy atom. The van der Waals surface area contributed by atoms with E-state index in [9.17, 15) is 13.2 Å². The third kappa shape index (κ3) is 5.73. The van der Waals surface area contributed by atoms with E-state index in [0.29, 0.717) is 17.4 Å². The van der Waals surface area contributed by atoms with Gasteiger partial charge in [-0.2, -0.15) is 8.42 Å². The standard InChI is InChI=1S/C25H30N6O4S.2H2/c1-16(2)35-22-14-11-17(15-27-22)20-13-12-19(24(28-20)31(3)18-7-4-5-8-18)25(32)30-36(33,34)23-10-6-9-21(26)29-23;;/h6,9-16,18H,4-5,7-8H2,1-3H3,(H2,26,29)(H,30,32);2*1H. The molecule has 1 fully saturated rings. The zero-order valence-electron chi connectivity index (χ0n) is 20.5. The van der Waals surface area contributed by atoms with Gasteiger partial charge in [-0.15, -0.1) is 0 Å². The third-order valence-electron chi connectivity index (χ3n) is 5.96. The second-order valence-electron chi connectivity index (χ2n) is 9.00. The Balaban J connectivity index is 0.00000253. The highest BCUT2D eigenvalue weighted by Crippen LogP contribution is 2.30. The van der Waals surface area contributed by atoms with Gasteiger partial charge in [0.25, 0.3) is 15.9 Å². The highest BCUT2D eigenvalue weighted by Gasteiger charge is 2.28. The molecule has 0 unspecified atom stereocenters. The number of nitrogens with two attached hydrogens (primary N) is 1. The molecule has 4 rings (SSSR count). The number of hydrogen-bond donors (Lipinski definition) is 2. The second kappa shape index (κ2) is 10.5. The predicted octanol–water partition coefficient (Wildman–Crippen LogP) is 3.90. The lowest BCUT2D eigenvalue weighted by Crippen LogP contribution is -2.35. The molecule has 1 aliphatic carbocycles. The Morgan fingerprint density at radius 1 is 1.14 bits per heavy atom. The smallest absolute Gasteiger partial charge is 0.281 e. The van der Waals surface area contributed by atoms with Gasteiger partial charge < -0.3 is 15.4 Å². The van der Waals surface area contributed by atoms with Crippen LogP contribution in [0.4, 0.5) is 11.6 Å². The largest absolute Gasteiger partial charge is 0.475 e. The van der Waals surface area contributed by atoms with Gasteiger partial charge in [-0.1, -0.05) is 18.9 Å². The highest BCUT2D eigenvalue weighted by molar-refractivity contribution is 7.90. The summed E-state index contributed by atoms with van der Waals surface area (Å²) in [6.07, 6.45) is 5.79. The molecule has 3 aromatic rings. The zero-order valence-corrected chi connectivity index (χ0v) is 21.3. The van der Waals surface area contributed by atoms with Crippen LogP contribution in [0.5, 0.6) is 5.88 Å². The molecular formula is C25H34N6O4S. The molecule has 0 saturated heterocycles. The lowest BCUT2D eigenvalue weighted by Gasteiger charge is -2.27. The van der Waals surface area contributed by atoms with Gasteiger partial charge in [0.15, 0.2) is 5.03 Å². The number of nitrogens with zero attached hydrogens (tertiary/aromatic N) is 4. The molecule has 1 saturated carbocycles. The van der Waals surface area contributed by atoms with Gasteiger partial charge in [-0.25, -0.2) is 19.7 Å². The fourth-order valence-corrected chi connectivity index (χ4v) is 5.11. The van der Waals surface area contributed by atoms with Crippen molar-refractivity contribution in [2.75, 3.05) is 17.7 Å². The Hall–Kier alpha value is -3.73. The van der Waals surface area contributed by atoms with Crippen molar-refractivity contribution < 1.29 is 20.8 Å². The van der Waals surface area contributed by atoms with Crippen LogP contribution in [0.15, 0.2) is 53.7 Å². The molecule has 1 amide bonds. The molecule has 3 heterocycles. The Morgan fingerprint density at radius 2 is 1.89 bits per heavy atom. The normalized spacial score (nSPS) is 14.1. The molecular weight excluding hydrogens is 480 g/mol. The Kier molecular flexibility index (Phi) is 7.39. The van der Waals surface area contributed by atoms with Crippen LogP contribution < -0.4 is 20.1 Å². The molecule has 10 nitrogen and oxygen atoms in total. The van der Waals surface area contributed by atoms with E-state index in [4.69, 9.17) is 15.5 Å². The van der Waals surface area contributed by atoms with Gasteiger partial charge in [0.05, 0.1) is 17.4 Å². The number of ether oxygens (including phenoxy) is 1. The summed E-state index contributed by atoms with van der Waals surface area (Å²) in [6, 6.07) is 11.3. The minimum Gasteiger partial charge on any atom is -0.475 e. The zero-order chi connectivity index (χ0) is 25.9. The number of hydrogen-bond acceptors (Lipinski definition) is 9. The minimum absolute atomic E-state index is 0. The maximum absolute atomic E-state index is 13.2. The number of nitrogens with one attached hydrogen (secondary N) is 1. The third-order valence-corrected chi connectivity index (χ3v) is 7.19. The fourth-order valence-electron chi connectivity index (χ4n) is 4.17. The number of pyridine rings is 3. The first-order valence-corrected chi connectivity index (χ1v) is 13.3. The topological polar surface area (TPSA) is 140 Å². The quantitative estimate of drug-likeness (QED) is 0.458. The van der Waals surface area contributed by atoms with E-state index in [1.807, 2.05) is 31.9 Å². The molecule has 3 N–H and O–H groups in total. The van der Waals surface area contributed by atoms with Gasteiger partial charge in [-0.05, 0) is 57.0 Å². The van der Waals surface area contributed by atoms with Gasteiger partial charge in [0, 0.05) is 33.8 Å². The summed E-state index contributed by atoms with van der Waals surface area (Å²) in [6.45, 7) is 3.85. The second-order valence-corrected chi connectivity index (χ2v) is 10.6. The number of rotatable bonds is 8. The van der Waals surface area contributed by atoms with Crippen molar-refractivity contribution in [2.45, 2.75) is 56.7 Å². The van der Waals surface area contributed by atoms with Crippen molar-refractivity contribution >= 4 is 27.6 Å². The van der Waals surface area contributed by atoms with E-state index < -0.39 is 15.9 Å². The van der Waals surface area contributed by atoms with Crippen LogP contribution in [-0.4, -0.2) is 48.5 Å². The van der Waals surface area contributed by atoms with E-state index >= 15 is 0 Å². The van der Waals surface area contributed by atoms with Crippen LogP contribution in [0.25, 0.3) is 11.3 Å². The van der Waals surface area contributed by atoms with Crippen LogP contribution >= 0.6 is 0 Å². The first-order chi connectivity index (χ1) is 17.1. The van der Waals surface area contributed by atoms with Gasteiger partial charge in [-0.3, -0.25) is 4.79 Å². The van der Waals surface area contributed by atoms with Crippen LogP contribution in [-0.2, 0) is 10.0 Å². The predicted molar refractivity (Wildman–Crippen MR) is 141 cm³/mol. The van der Waals surface area contributed by atoms with Gasteiger partial charge in [0.2, 0.25) is 5.88 Å². The summed E-state index contributed by atoms with van der Waals surface area (Å²) < 4.78 is 33.3. The summed E-state index contributed by atoms with van der Waals surface area (Å²) in [5, 5.41) is -0.332. The number of carbonyl (C=O) groups is 1. The SMILES string of the molecule is CC(C)Oc1ccc(-c2ccc(C(=O)NS(=O)(=O)c3cccc(N)n3)c(N(C)C3CCCC3)n2)cn1.[HH].[HH]. The molecule has 1 aliphatic rings. The summed E-state index contributed by atoms with van der Waals surface area (Å²) in [4.78, 5) is 28.1. The average Bonchev–Trinajstić information content (AvgIpc) is 3.38. The maximum Gasteiger partial charge on any atom is 0.281 e. The lowest BCUT2D eigenvalue weighted by molar-refractivity contribution is 0.0981. The summed E-state index contributed by atoms with van der Waals surface area (Å²) in [7, 11) is -2.35. The van der Waals surface area contributed by atoms with Crippen molar-refractivity contribution in [1.82, 2.24) is 19.7 Å². The number of anilines is 2. The lowest BCUT2D eigenvalue weighted by atomic mass is 10.1. The first-order valence-electron chi connectivity index (χ1n) is 11.8. The van der Waals surface area contributed by atoms with Gasteiger partial charge in [0.1, 0.15) is 11.6 Å². The fraction of sp³-hybridized carbons (Fsp3) is 0.360. The summed E-state index contributed by atoms with van der Waals surface area (Å²) in [5.74, 6) is 0.150. The van der Waals surface area contributed by atoms with Gasteiger partial charge >= 0.3 is 0 Å². The van der Waals surface area contributed by atoms with E-state index in [1.165, 1.54) is 18.2 Å². The van der Waals surface area contributed by atoms with Crippen molar-refractivity contribution in [3.05, 3.63) is 54.2 Å². The molecule has 0 aromatic carbocycles. The highest BCUT2D eigenvalue weighted by atomic mass is 32.2. The first kappa shape index (κ1) is 25.4. The molecule has 0 spiro atoms. The van der Waals surface area contributed by atoms with E-state index in [-0.39, 0.29) is 31.4 Å². The maximum atomic E-state index is 13.2. The monoisotopic (exact) mass is 514 g/mol. The number of carbonyl (C=O) groups excluding carboxylic acids is 1. The molecule has 3 aromatic heterocycles.